The predicted molar refractivity (Wildman–Crippen MR) is 209 cm³/mol. The number of hydrogen-bond donors (Lipinski definition) is 0. The molecule has 13 heteroatoms. The topological polar surface area (TPSA) is 134 Å². The normalized spacial score (nSPS) is 14.4. The van der Waals surface area contributed by atoms with Crippen LogP contribution in [0.2, 0.25) is 0 Å². The molecule has 0 spiro atoms. The number of hydrogen-bond acceptors (Lipinski definition) is 8. The van der Waals surface area contributed by atoms with Gasteiger partial charge in [0.25, 0.3) is 15.6 Å². The van der Waals surface area contributed by atoms with Crippen molar-refractivity contribution in [3.63, 3.8) is 0 Å². The van der Waals surface area contributed by atoms with Crippen molar-refractivity contribution in [1.29, 1.82) is 0 Å². The van der Waals surface area contributed by atoms with E-state index in [1.54, 1.807) is 35.4 Å². The highest BCUT2D eigenvalue weighted by Gasteiger charge is 2.27. The summed E-state index contributed by atoms with van der Waals surface area (Å²) in [6.07, 6.45) is 8.48. The maximum Gasteiger partial charge on any atom is 0.410 e. The standard InChI is InChI=1S/C41H47N3O8S2/c1-28-13-15-32(16-14-28)54(49,50)44-24-21-34-36(27-42(5)39(45)38(34)44)35-26-33(53(6,47)48)17-18-37(35)51-31-12-8-11-30(25-31)10-7-9-29-19-22-43(23-20-29)40(46)52-41(2,3)4/h8,11-18,21,24-27,29H,7,9-10,19-20,22-23H2,1-6H3. The van der Waals surface area contributed by atoms with Crippen molar-refractivity contribution in [3.05, 3.63) is 107 Å². The van der Waals surface area contributed by atoms with Crippen molar-refractivity contribution in [1.82, 2.24) is 13.4 Å². The minimum absolute atomic E-state index is 0.0321. The minimum atomic E-state index is -4.14. The number of aromatic nitrogens is 2. The molecule has 0 aliphatic carbocycles. The zero-order valence-corrected chi connectivity index (χ0v) is 33.2. The van der Waals surface area contributed by atoms with Gasteiger partial charge in [-0.2, -0.15) is 0 Å². The van der Waals surface area contributed by atoms with E-state index in [0.717, 1.165) is 53.5 Å². The molecule has 11 nitrogen and oxygen atoms in total. The molecule has 0 unspecified atom stereocenters. The maximum atomic E-state index is 13.8. The lowest BCUT2D eigenvalue weighted by Crippen LogP contribution is -2.41. The van der Waals surface area contributed by atoms with Gasteiger partial charge in [0.2, 0.25) is 0 Å². The van der Waals surface area contributed by atoms with Crippen LogP contribution >= 0.6 is 0 Å². The van der Waals surface area contributed by atoms with E-state index in [1.807, 2.05) is 52.0 Å². The highest BCUT2D eigenvalue weighted by atomic mass is 32.2. The van der Waals surface area contributed by atoms with Crippen molar-refractivity contribution in [2.75, 3.05) is 19.3 Å². The van der Waals surface area contributed by atoms with Crippen molar-refractivity contribution in [2.45, 2.75) is 75.2 Å². The van der Waals surface area contributed by atoms with Crippen LogP contribution in [0.15, 0.2) is 99.8 Å². The summed E-state index contributed by atoms with van der Waals surface area (Å²) in [4.78, 5) is 27.9. The Hall–Kier alpha value is -4.88. The molecule has 1 amide bonds. The smallest absolute Gasteiger partial charge is 0.410 e. The molecule has 0 N–H and O–H groups in total. The fraction of sp³-hybridized carbons (Fsp3) is 0.366. The number of piperidine rings is 1. The Balaban J connectivity index is 1.26. The molecular formula is C41H47N3O8S2. The Morgan fingerprint density at radius 2 is 1.57 bits per heavy atom. The number of ether oxygens (including phenoxy) is 2. The van der Waals surface area contributed by atoms with Gasteiger partial charge in [0, 0.05) is 55.3 Å². The molecule has 0 atom stereocenters. The molecular weight excluding hydrogens is 727 g/mol. The summed E-state index contributed by atoms with van der Waals surface area (Å²) in [6.45, 7) is 8.86. The molecule has 1 saturated heterocycles. The van der Waals surface area contributed by atoms with Gasteiger partial charge in [-0.25, -0.2) is 25.6 Å². The number of sulfone groups is 1. The van der Waals surface area contributed by atoms with E-state index >= 15 is 0 Å². The lowest BCUT2D eigenvalue weighted by atomic mass is 9.91. The maximum absolute atomic E-state index is 13.8. The number of aryl methyl sites for hydroxylation is 3. The Morgan fingerprint density at radius 1 is 0.889 bits per heavy atom. The van der Waals surface area contributed by atoms with Crippen LogP contribution in [0.25, 0.3) is 22.0 Å². The highest BCUT2D eigenvalue weighted by molar-refractivity contribution is 7.90. The monoisotopic (exact) mass is 773 g/mol. The van der Waals surface area contributed by atoms with Crippen molar-refractivity contribution in [3.8, 4) is 22.6 Å². The number of rotatable bonds is 10. The number of benzene rings is 3. The van der Waals surface area contributed by atoms with Gasteiger partial charge in [-0.15, -0.1) is 0 Å². The molecule has 0 saturated carbocycles. The van der Waals surface area contributed by atoms with E-state index in [0.29, 0.717) is 47.0 Å². The van der Waals surface area contributed by atoms with Crippen molar-refractivity contribution < 1.29 is 31.1 Å². The summed E-state index contributed by atoms with van der Waals surface area (Å²) in [6, 6.07) is 20.2. The molecule has 1 aliphatic rings. The van der Waals surface area contributed by atoms with Gasteiger partial charge in [0.05, 0.1) is 9.79 Å². The van der Waals surface area contributed by atoms with E-state index in [4.69, 9.17) is 9.47 Å². The summed E-state index contributed by atoms with van der Waals surface area (Å²) in [7, 11) is -6.26. The van der Waals surface area contributed by atoms with Gasteiger partial charge in [-0.3, -0.25) is 4.79 Å². The van der Waals surface area contributed by atoms with Crippen LogP contribution in [-0.4, -0.2) is 61.3 Å². The number of carbonyl (C=O) groups is 1. The number of fused-ring (bicyclic) bond motifs is 1. The van der Waals surface area contributed by atoms with Gasteiger partial charge in [0.15, 0.2) is 9.84 Å². The van der Waals surface area contributed by atoms with Crippen LogP contribution in [0.4, 0.5) is 4.79 Å². The molecule has 1 fully saturated rings. The van der Waals surface area contributed by atoms with Gasteiger partial charge < -0.3 is 18.9 Å². The fourth-order valence-electron chi connectivity index (χ4n) is 6.83. The summed E-state index contributed by atoms with van der Waals surface area (Å²) in [5, 5.41) is 0.329. The van der Waals surface area contributed by atoms with Crippen LogP contribution in [0, 0.1) is 12.8 Å². The fourth-order valence-corrected chi connectivity index (χ4v) is 8.82. The average Bonchev–Trinajstić information content (AvgIpc) is 3.56. The minimum Gasteiger partial charge on any atom is -0.457 e. The molecule has 286 valence electrons. The first-order chi connectivity index (χ1) is 25.4. The number of carbonyl (C=O) groups excluding carboxylic acids is 1. The molecule has 3 aromatic carbocycles. The van der Waals surface area contributed by atoms with Crippen LogP contribution in [0.5, 0.6) is 11.5 Å². The zero-order valence-electron chi connectivity index (χ0n) is 31.5. The molecule has 1 aliphatic heterocycles. The molecule has 54 heavy (non-hydrogen) atoms. The van der Waals surface area contributed by atoms with E-state index in [2.05, 4.69) is 0 Å². The molecule has 3 heterocycles. The number of amides is 1. The third-order valence-corrected chi connectivity index (χ3v) is 12.5. The van der Waals surface area contributed by atoms with Crippen molar-refractivity contribution in [2.24, 2.45) is 13.0 Å². The van der Waals surface area contributed by atoms with Gasteiger partial charge in [0.1, 0.15) is 22.6 Å². The number of pyridine rings is 1. The second-order valence-electron chi connectivity index (χ2n) is 15.1. The predicted octanol–water partition coefficient (Wildman–Crippen LogP) is 7.72. The quantitative estimate of drug-likeness (QED) is 0.141. The van der Waals surface area contributed by atoms with Crippen LogP contribution in [0.3, 0.4) is 0 Å². The largest absolute Gasteiger partial charge is 0.457 e. The highest BCUT2D eigenvalue weighted by Crippen LogP contribution is 2.39. The van der Waals surface area contributed by atoms with E-state index < -0.39 is 31.0 Å². The third-order valence-electron chi connectivity index (χ3n) is 9.71. The summed E-state index contributed by atoms with van der Waals surface area (Å²) < 4.78 is 67.3. The van der Waals surface area contributed by atoms with Crippen LogP contribution < -0.4 is 10.3 Å². The third kappa shape index (κ3) is 8.57. The Kier molecular flexibility index (Phi) is 10.9. The Morgan fingerprint density at radius 3 is 2.24 bits per heavy atom. The second kappa shape index (κ2) is 15.1. The van der Waals surface area contributed by atoms with Crippen LogP contribution in [0.1, 0.15) is 57.6 Å². The number of likely N-dealkylation sites (tertiary alicyclic amines) is 1. The molecule has 2 aromatic heterocycles. The molecule has 0 radical (unpaired) electrons. The molecule has 6 rings (SSSR count). The van der Waals surface area contributed by atoms with Gasteiger partial charge in [-0.1, -0.05) is 29.8 Å². The van der Waals surface area contributed by atoms with Crippen LogP contribution in [-0.2, 0) is 38.1 Å². The lowest BCUT2D eigenvalue weighted by Gasteiger charge is -2.33. The second-order valence-corrected chi connectivity index (χ2v) is 19.0. The molecule has 5 aromatic rings. The Labute approximate surface area is 317 Å². The summed E-state index contributed by atoms with van der Waals surface area (Å²) in [5.41, 5.74) is 1.67. The first kappa shape index (κ1) is 38.8. The average molecular weight is 774 g/mol. The SMILES string of the molecule is Cc1ccc(S(=O)(=O)n2ccc3c(-c4cc(S(C)(=O)=O)ccc4Oc4cccc(CCCC5CCN(C(=O)OC(C)(C)C)CC5)c4)cn(C)c(=O)c32)cc1. The Bertz CT molecular complexity index is 2470. The van der Waals surface area contributed by atoms with Crippen molar-refractivity contribution >= 4 is 36.9 Å². The first-order valence-corrected chi connectivity index (χ1v) is 21.4. The van der Waals surface area contributed by atoms with E-state index in [-0.39, 0.29) is 21.4 Å². The van der Waals surface area contributed by atoms with E-state index in [1.165, 1.54) is 42.1 Å². The number of nitrogens with zero attached hydrogens (tertiary/aromatic N) is 3. The summed E-state index contributed by atoms with van der Waals surface area (Å²) in [5.74, 6) is 1.41. The molecule has 0 bridgehead atoms. The lowest BCUT2D eigenvalue weighted by molar-refractivity contribution is 0.0180. The van der Waals surface area contributed by atoms with E-state index in [9.17, 15) is 26.4 Å². The zero-order chi connectivity index (χ0) is 39.0. The summed E-state index contributed by atoms with van der Waals surface area (Å²) >= 11 is 0. The van der Waals surface area contributed by atoms with Gasteiger partial charge >= 0.3 is 6.09 Å². The first-order valence-electron chi connectivity index (χ1n) is 18.0. The van der Waals surface area contributed by atoms with Gasteiger partial charge in [-0.05, 0) is 120 Å².